The first-order valence-electron chi connectivity index (χ1n) is 10.5. The third-order valence-electron chi connectivity index (χ3n) is 6.26. The van der Waals surface area contributed by atoms with E-state index in [4.69, 9.17) is 9.15 Å². The Hall–Kier alpha value is -2.50. The topological polar surface area (TPSA) is 75.9 Å². The Balaban J connectivity index is 1.45. The van der Waals surface area contributed by atoms with E-state index in [-0.39, 0.29) is 11.6 Å². The van der Waals surface area contributed by atoms with Crippen molar-refractivity contribution in [1.29, 1.82) is 0 Å². The van der Waals surface area contributed by atoms with Gasteiger partial charge in [-0.05, 0) is 75.5 Å². The molecular weight excluding hydrogens is 354 g/mol. The van der Waals surface area contributed by atoms with Gasteiger partial charge in [0.15, 0.2) is 0 Å². The van der Waals surface area contributed by atoms with Gasteiger partial charge in [-0.1, -0.05) is 6.42 Å². The van der Waals surface area contributed by atoms with Gasteiger partial charge >= 0.3 is 6.03 Å². The van der Waals surface area contributed by atoms with Gasteiger partial charge in [0.1, 0.15) is 16.9 Å². The van der Waals surface area contributed by atoms with Crippen molar-refractivity contribution >= 4 is 17.0 Å². The maximum atomic E-state index is 11.8. The van der Waals surface area contributed by atoms with Crippen molar-refractivity contribution in [1.82, 2.24) is 10.7 Å². The summed E-state index contributed by atoms with van der Waals surface area (Å²) < 4.78 is 12.5. The number of aryl methyl sites for hydroxylation is 2. The summed E-state index contributed by atoms with van der Waals surface area (Å²) in [5.74, 6) is 0.945. The monoisotopic (exact) mass is 381 g/mol. The van der Waals surface area contributed by atoms with Crippen LogP contribution in [0.3, 0.4) is 0 Å². The summed E-state index contributed by atoms with van der Waals surface area (Å²) in [7, 11) is 0. The Bertz CT molecular complexity index is 984. The molecule has 0 bridgehead atoms. The molecule has 28 heavy (non-hydrogen) atoms. The summed E-state index contributed by atoms with van der Waals surface area (Å²) in [6, 6.07) is 6.06. The lowest BCUT2D eigenvalue weighted by atomic mass is 9.79. The molecule has 1 aliphatic heterocycles. The van der Waals surface area contributed by atoms with Crippen molar-refractivity contribution in [2.45, 2.75) is 76.4 Å². The van der Waals surface area contributed by atoms with E-state index in [1.165, 1.54) is 24.8 Å². The molecule has 1 aromatic carbocycles. The summed E-state index contributed by atoms with van der Waals surface area (Å²) in [4.78, 5) is 11.8. The summed E-state index contributed by atoms with van der Waals surface area (Å²) in [5, 5.41) is 8.04. The van der Waals surface area contributed by atoms with Gasteiger partial charge in [-0.3, -0.25) is 0 Å². The lowest BCUT2D eigenvalue weighted by molar-refractivity contribution is 0.0109. The highest BCUT2D eigenvalue weighted by Gasteiger charge is 2.37. The van der Waals surface area contributed by atoms with Crippen LogP contribution in [0.25, 0.3) is 11.0 Å². The van der Waals surface area contributed by atoms with Crippen LogP contribution in [0.15, 0.2) is 27.7 Å². The van der Waals surface area contributed by atoms with Gasteiger partial charge in [0.25, 0.3) is 0 Å². The molecule has 1 spiro atoms. The third-order valence-corrected chi connectivity index (χ3v) is 6.26. The number of hydrogen-bond donors (Lipinski definition) is 2. The Morgan fingerprint density at radius 1 is 1.14 bits per heavy atom. The molecule has 6 heteroatoms. The molecule has 6 nitrogen and oxygen atoms in total. The maximum Gasteiger partial charge on any atom is 0.335 e. The SMILES string of the molecule is Cc1c/c(=N/NC(=O)NC2CC2)oc2cc3c(cc12)CCC1(CCCCC1)O3. The molecule has 2 saturated carbocycles. The zero-order chi connectivity index (χ0) is 19.1. The molecule has 2 aromatic rings. The average molecular weight is 381 g/mol. The minimum absolute atomic E-state index is 0.0123. The molecule has 1 aromatic heterocycles. The molecule has 0 radical (unpaired) electrons. The van der Waals surface area contributed by atoms with E-state index in [0.29, 0.717) is 11.6 Å². The van der Waals surface area contributed by atoms with Crippen LogP contribution in [0.2, 0.25) is 0 Å². The first-order chi connectivity index (χ1) is 13.6. The van der Waals surface area contributed by atoms with E-state index in [0.717, 1.165) is 60.8 Å². The van der Waals surface area contributed by atoms with Crippen LogP contribution >= 0.6 is 0 Å². The molecule has 0 unspecified atom stereocenters. The average Bonchev–Trinajstić information content (AvgIpc) is 3.50. The van der Waals surface area contributed by atoms with E-state index in [1.54, 1.807) is 0 Å². The van der Waals surface area contributed by atoms with Crippen LogP contribution in [-0.4, -0.2) is 17.7 Å². The number of amides is 2. The van der Waals surface area contributed by atoms with Gasteiger partial charge in [0.2, 0.25) is 5.55 Å². The van der Waals surface area contributed by atoms with Crippen molar-refractivity contribution in [3.05, 3.63) is 34.9 Å². The predicted molar refractivity (Wildman–Crippen MR) is 106 cm³/mol. The van der Waals surface area contributed by atoms with Gasteiger partial charge in [0, 0.05) is 23.6 Å². The summed E-state index contributed by atoms with van der Waals surface area (Å²) >= 11 is 0. The van der Waals surface area contributed by atoms with Crippen molar-refractivity contribution in [2.75, 3.05) is 0 Å². The molecule has 0 atom stereocenters. The predicted octanol–water partition coefficient (Wildman–Crippen LogP) is 4.05. The quantitative estimate of drug-likeness (QED) is 0.771. The van der Waals surface area contributed by atoms with Gasteiger partial charge in [-0.15, -0.1) is 5.10 Å². The van der Waals surface area contributed by atoms with Crippen LogP contribution in [0, 0.1) is 6.92 Å². The second-order valence-electron chi connectivity index (χ2n) is 8.54. The number of hydrogen-bond acceptors (Lipinski definition) is 4. The van der Waals surface area contributed by atoms with Gasteiger partial charge in [-0.2, -0.15) is 0 Å². The van der Waals surface area contributed by atoms with Crippen LogP contribution < -0.4 is 21.0 Å². The Morgan fingerprint density at radius 3 is 2.75 bits per heavy atom. The smallest absolute Gasteiger partial charge is 0.335 e. The van der Waals surface area contributed by atoms with Crippen LogP contribution in [0.5, 0.6) is 5.75 Å². The molecule has 148 valence electrons. The van der Waals surface area contributed by atoms with Gasteiger partial charge in [-0.25, -0.2) is 10.2 Å². The van der Waals surface area contributed by atoms with Crippen molar-refractivity contribution < 1.29 is 13.9 Å². The van der Waals surface area contributed by atoms with Crippen molar-refractivity contribution in [2.24, 2.45) is 5.10 Å². The van der Waals surface area contributed by atoms with Crippen LogP contribution in [-0.2, 0) is 6.42 Å². The zero-order valence-electron chi connectivity index (χ0n) is 16.3. The molecule has 5 rings (SSSR count). The fourth-order valence-electron chi connectivity index (χ4n) is 4.50. The Labute approximate surface area is 164 Å². The number of nitrogens with one attached hydrogen (secondary N) is 2. The highest BCUT2D eigenvalue weighted by atomic mass is 16.5. The maximum absolute atomic E-state index is 11.8. The fraction of sp³-hybridized carbons (Fsp3) is 0.545. The van der Waals surface area contributed by atoms with E-state index in [2.05, 4.69) is 21.9 Å². The fourth-order valence-corrected chi connectivity index (χ4v) is 4.50. The normalized spacial score (nSPS) is 21.2. The molecular formula is C22H27N3O3. The molecule has 0 saturated heterocycles. The minimum Gasteiger partial charge on any atom is -0.487 e. The number of nitrogens with zero attached hydrogens (tertiary/aromatic N) is 1. The Kier molecular flexibility index (Phi) is 4.29. The van der Waals surface area contributed by atoms with E-state index in [1.807, 2.05) is 19.1 Å². The molecule has 2 heterocycles. The lowest BCUT2D eigenvalue weighted by Crippen LogP contribution is -2.41. The number of benzene rings is 1. The number of carbonyl (C=O) groups excluding carboxylic acids is 1. The van der Waals surface area contributed by atoms with E-state index >= 15 is 0 Å². The van der Waals surface area contributed by atoms with Gasteiger partial charge < -0.3 is 14.5 Å². The molecule has 2 fully saturated rings. The standard InChI is InChI=1S/C22H27N3O3/c1-14-11-20(24-25-21(26)23-16-5-6-16)27-19-13-18-15(12-17(14)19)7-10-22(28-18)8-3-2-4-9-22/h11-13,16H,2-10H2,1H3,(H2,23,25,26)/b24-20-. The number of rotatable bonds is 2. The third kappa shape index (κ3) is 3.48. The number of fused-ring (bicyclic) bond motifs is 2. The minimum atomic E-state index is -0.288. The second-order valence-corrected chi connectivity index (χ2v) is 8.54. The van der Waals surface area contributed by atoms with Crippen molar-refractivity contribution in [3.8, 4) is 5.75 Å². The highest BCUT2D eigenvalue weighted by molar-refractivity contribution is 5.82. The second kappa shape index (κ2) is 6.83. The summed E-state index contributed by atoms with van der Waals surface area (Å²) in [6.07, 6.45) is 10.4. The lowest BCUT2D eigenvalue weighted by Gasteiger charge is -2.41. The molecule has 2 N–H and O–H groups in total. The van der Waals surface area contributed by atoms with E-state index in [9.17, 15) is 4.79 Å². The van der Waals surface area contributed by atoms with Crippen LogP contribution in [0.1, 0.15) is 62.5 Å². The first-order valence-corrected chi connectivity index (χ1v) is 10.5. The largest absolute Gasteiger partial charge is 0.487 e. The molecule has 2 amide bonds. The number of carbonyl (C=O) groups is 1. The molecule has 2 aliphatic carbocycles. The summed E-state index contributed by atoms with van der Waals surface area (Å²) in [6.45, 7) is 2.04. The first kappa shape index (κ1) is 17.6. The van der Waals surface area contributed by atoms with Gasteiger partial charge in [0.05, 0.1) is 0 Å². The zero-order valence-corrected chi connectivity index (χ0v) is 16.3. The summed E-state index contributed by atoms with van der Waals surface area (Å²) in [5.41, 5.74) is 6.00. The van der Waals surface area contributed by atoms with Crippen LogP contribution in [0.4, 0.5) is 4.79 Å². The van der Waals surface area contributed by atoms with Crippen molar-refractivity contribution in [3.63, 3.8) is 0 Å². The number of ether oxygens (including phenoxy) is 1. The number of urea groups is 1. The molecule has 3 aliphatic rings. The van der Waals surface area contributed by atoms with E-state index < -0.39 is 0 Å². The highest BCUT2D eigenvalue weighted by Crippen LogP contribution is 2.43. The Morgan fingerprint density at radius 2 is 1.96 bits per heavy atom.